The molecule has 1 aromatic carbocycles. The van der Waals surface area contributed by atoms with Gasteiger partial charge in [0.2, 0.25) is 0 Å². The summed E-state index contributed by atoms with van der Waals surface area (Å²) in [5, 5.41) is 0. The number of aryl methyl sites for hydroxylation is 1. The van der Waals surface area contributed by atoms with Gasteiger partial charge in [-0.1, -0.05) is 24.3 Å². The molecule has 0 saturated heterocycles. The van der Waals surface area contributed by atoms with E-state index in [-0.39, 0.29) is 0 Å². The predicted molar refractivity (Wildman–Crippen MR) is 52.3 cm³/mol. The van der Waals surface area contributed by atoms with E-state index in [0.29, 0.717) is 0 Å². The van der Waals surface area contributed by atoms with E-state index < -0.39 is 0 Å². The van der Waals surface area contributed by atoms with Gasteiger partial charge < -0.3 is 0 Å². The second kappa shape index (κ2) is 3.07. The summed E-state index contributed by atoms with van der Waals surface area (Å²) in [6.07, 6.45) is 1.84. The smallest absolute Gasteiger partial charge is 0.0552 e. The van der Waals surface area contributed by atoms with Crippen molar-refractivity contribution in [1.82, 2.24) is 4.37 Å². The topological polar surface area (TPSA) is 12.9 Å². The highest BCUT2D eigenvalue weighted by atomic mass is 32.1. The Kier molecular flexibility index (Phi) is 1.92. The van der Waals surface area contributed by atoms with Gasteiger partial charge in [0.1, 0.15) is 0 Å². The van der Waals surface area contributed by atoms with Gasteiger partial charge in [-0.2, -0.15) is 0 Å². The van der Waals surface area contributed by atoms with E-state index in [0.717, 1.165) is 0 Å². The lowest BCUT2D eigenvalue weighted by Gasteiger charge is -1.99. The van der Waals surface area contributed by atoms with Crippen LogP contribution in [0.5, 0.6) is 0 Å². The van der Waals surface area contributed by atoms with Crippen molar-refractivity contribution in [1.29, 1.82) is 0 Å². The van der Waals surface area contributed by atoms with Gasteiger partial charge in [-0.25, -0.2) is 4.37 Å². The summed E-state index contributed by atoms with van der Waals surface area (Å²) < 4.78 is 4.08. The third-order valence-electron chi connectivity index (χ3n) is 1.85. The largest absolute Gasteiger partial charge is 0.201 e. The first-order valence-electron chi connectivity index (χ1n) is 3.84. The molecule has 0 atom stereocenters. The molecule has 0 aliphatic heterocycles. The first-order valence-corrected chi connectivity index (χ1v) is 4.62. The minimum Gasteiger partial charge on any atom is -0.201 e. The van der Waals surface area contributed by atoms with Crippen LogP contribution in [-0.2, 0) is 0 Å². The zero-order valence-electron chi connectivity index (χ0n) is 6.82. The van der Waals surface area contributed by atoms with Crippen LogP contribution in [-0.4, -0.2) is 4.37 Å². The van der Waals surface area contributed by atoms with E-state index in [1.54, 1.807) is 11.5 Å². The first kappa shape index (κ1) is 7.50. The highest BCUT2D eigenvalue weighted by Crippen LogP contribution is 2.25. The normalized spacial score (nSPS) is 10.1. The van der Waals surface area contributed by atoms with Crippen molar-refractivity contribution in [3.63, 3.8) is 0 Å². The second-order valence-corrected chi connectivity index (χ2v) is 3.52. The number of nitrogens with zero attached hydrogens (tertiary/aromatic N) is 1. The minimum absolute atomic E-state index is 1.24. The van der Waals surface area contributed by atoms with Crippen molar-refractivity contribution in [2.45, 2.75) is 6.92 Å². The van der Waals surface area contributed by atoms with Crippen LogP contribution in [0.1, 0.15) is 5.56 Å². The first-order chi connectivity index (χ1) is 5.88. The zero-order valence-corrected chi connectivity index (χ0v) is 7.64. The summed E-state index contributed by atoms with van der Waals surface area (Å²) >= 11 is 1.54. The molecule has 0 radical (unpaired) electrons. The summed E-state index contributed by atoms with van der Waals surface area (Å²) in [6, 6.07) is 10.4. The number of hydrogen-bond acceptors (Lipinski definition) is 2. The molecule has 12 heavy (non-hydrogen) atoms. The molecule has 0 spiro atoms. The molecule has 0 unspecified atom stereocenters. The zero-order chi connectivity index (χ0) is 8.39. The Bertz CT molecular complexity index is 365. The lowest BCUT2D eigenvalue weighted by molar-refractivity contribution is 1.48. The molecule has 0 N–H and O–H groups in total. The fraction of sp³-hybridized carbons (Fsp3) is 0.100. The van der Waals surface area contributed by atoms with Crippen LogP contribution in [0.2, 0.25) is 0 Å². The molecule has 2 heteroatoms. The maximum atomic E-state index is 4.08. The minimum atomic E-state index is 1.24. The Labute approximate surface area is 75.9 Å². The molecular weight excluding hydrogens is 166 g/mol. The van der Waals surface area contributed by atoms with E-state index in [9.17, 15) is 0 Å². The fourth-order valence-electron chi connectivity index (χ4n) is 1.20. The van der Waals surface area contributed by atoms with Gasteiger partial charge >= 0.3 is 0 Å². The van der Waals surface area contributed by atoms with Gasteiger partial charge in [0.25, 0.3) is 0 Å². The summed E-state index contributed by atoms with van der Waals surface area (Å²) in [5.41, 5.74) is 2.60. The molecule has 60 valence electrons. The van der Waals surface area contributed by atoms with E-state index in [1.165, 1.54) is 16.0 Å². The molecule has 2 aromatic rings. The van der Waals surface area contributed by atoms with Crippen molar-refractivity contribution in [2.75, 3.05) is 0 Å². The van der Waals surface area contributed by atoms with Crippen molar-refractivity contribution >= 4 is 11.5 Å². The molecule has 1 heterocycles. The molecule has 0 aliphatic rings. The van der Waals surface area contributed by atoms with Crippen molar-refractivity contribution in [3.8, 4) is 10.4 Å². The number of aromatic nitrogens is 1. The Morgan fingerprint density at radius 3 is 2.67 bits per heavy atom. The highest BCUT2D eigenvalue weighted by Gasteiger charge is 2.00. The lowest BCUT2D eigenvalue weighted by Crippen LogP contribution is -1.76. The molecule has 1 aromatic heterocycles. The molecule has 1 nitrogen and oxygen atoms in total. The molecule has 0 amide bonds. The maximum absolute atomic E-state index is 4.08. The lowest BCUT2D eigenvalue weighted by atomic mass is 10.1. The third kappa shape index (κ3) is 1.25. The Hall–Kier alpha value is -1.15. The molecule has 0 aliphatic carbocycles. The van der Waals surface area contributed by atoms with Gasteiger partial charge in [0.05, 0.1) is 4.88 Å². The monoisotopic (exact) mass is 175 g/mol. The van der Waals surface area contributed by atoms with Gasteiger partial charge in [-0.15, -0.1) is 0 Å². The van der Waals surface area contributed by atoms with Gasteiger partial charge in [-0.3, -0.25) is 0 Å². The summed E-state index contributed by atoms with van der Waals surface area (Å²) in [7, 11) is 0. The van der Waals surface area contributed by atoms with Gasteiger partial charge in [0.15, 0.2) is 0 Å². The number of hydrogen-bond donors (Lipinski definition) is 0. The van der Waals surface area contributed by atoms with Crippen LogP contribution in [0.3, 0.4) is 0 Å². The van der Waals surface area contributed by atoms with Crippen molar-refractivity contribution in [3.05, 3.63) is 42.1 Å². The van der Waals surface area contributed by atoms with E-state index >= 15 is 0 Å². The molecule has 2 rings (SSSR count). The van der Waals surface area contributed by atoms with Crippen LogP contribution in [0.4, 0.5) is 0 Å². The van der Waals surface area contributed by atoms with Crippen molar-refractivity contribution in [2.24, 2.45) is 0 Å². The highest BCUT2D eigenvalue weighted by molar-refractivity contribution is 7.09. The van der Waals surface area contributed by atoms with Crippen LogP contribution in [0.15, 0.2) is 36.5 Å². The van der Waals surface area contributed by atoms with Crippen molar-refractivity contribution < 1.29 is 0 Å². The van der Waals surface area contributed by atoms with E-state index in [2.05, 4.69) is 35.6 Å². The molecule has 0 bridgehead atoms. The summed E-state index contributed by atoms with van der Waals surface area (Å²) in [4.78, 5) is 1.24. The van der Waals surface area contributed by atoms with Gasteiger partial charge in [0, 0.05) is 6.20 Å². The maximum Gasteiger partial charge on any atom is 0.0552 e. The quantitative estimate of drug-likeness (QED) is 0.649. The molecule has 0 saturated carbocycles. The summed E-state index contributed by atoms with van der Waals surface area (Å²) in [6.45, 7) is 2.12. The standard InChI is InChI=1S/C10H9NS/c1-8-4-2-3-5-9(8)10-6-7-11-12-10/h2-7H,1H3. The predicted octanol–water partition coefficient (Wildman–Crippen LogP) is 3.12. The third-order valence-corrected chi connectivity index (χ3v) is 2.63. The van der Waals surface area contributed by atoms with Crippen LogP contribution < -0.4 is 0 Å². The average Bonchev–Trinajstić information content (AvgIpc) is 2.57. The average molecular weight is 175 g/mol. The molecule has 0 fully saturated rings. The number of benzene rings is 1. The fourth-order valence-corrected chi connectivity index (χ4v) is 1.89. The second-order valence-electron chi connectivity index (χ2n) is 2.69. The van der Waals surface area contributed by atoms with Crippen LogP contribution >= 0.6 is 11.5 Å². The summed E-state index contributed by atoms with van der Waals surface area (Å²) in [5.74, 6) is 0. The van der Waals surface area contributed by atoms with Crippen LogP contribution in [0.25, 0.3) is 10.4 Å². The van der Waals surface area contributed by atoms with Gasteiger partial charge in [-0.05, 0) is 35.6 Å². The number of rotatable bonds is 1. The Morgan fingerprint density at radius 1 is 1.17 bits per heavy atom. The Morgan fingerprint density at radius 2 is 2.00 bits per heavy atom. The van der Waals surface area contributed by atoms with E-state index in [4.69, 9.17) is 0 Å². The Balaban J connectivity index is 2.55. The van der Waals surface area contributed by atoms with E-state index in [1.807, 2.05) is 12.3 Å². The molecular formula is C10H9NS. The van der Waals surface area contributed by atoms with Crippen LogP contribution in [0, 0.1) is 6.92 Å². The SMILES string of the molecule is Cc1ccccc1-c1ccns1.